The highest BCUT2D eigenvalue weighted by Crippen LogP contribution is 2.41. The summed E-state index contributed by atoms with van der Waals surface area (Å²) in [6, 6.07) is 0. The molecule has 0 atom stereocenters. The van der Waals surface area contributed by atoms with E-state index in [9.17, 15) is 4.79 Å². The van der Waals surface area contributed by atoms with Gasteiger partial charge in [-0.05, 0) is 70.0 Å². The van der Waals surface area contributed by atoms with Gasteiger partial charge in [0.25, 0.3) is 0 Å². The molecule has 180 valence electrons. The Balaban J connectivity index is 1.39. The van der Waals surface area contributed by atoms with Gasteiger partial charge in [0.2, 0.25) is 5.91 Å². The molecule has 0 bridgehead atoms. The van der Waals surface area contributed by atoms with Crippen LogP contribution in [0.3, 0.4) is 0 Å². The molecule has 7 nitrogen and oxygen atoms in total. The van der Waals surface area contributed by atoms with Gasteiger partial charge in [0.1, 0.15) is 16.5 Å². The zero-order valence-electron chi connectivity index (χ0n) is 20.2. The molecular formula is C25H38N6OS. The molecule has 2 aromatic rings. The third-order valence-electron chi connectivity index (χ3n) is 7.46. The Kier molecular flexibility index (Phi) is 7.13. The minimum absolute atomic E-state index is 0.129. The zero-order valence-corrected chi connectivity index (χ0v) is 21.1. The monoisotopic (exact) mass is 470 g/mol. The lowest BCUT2D eigenvalue weighted by Gasteiger charge is -2.30. The molecule has 8 heteroatoms. The fourth-order valence-corrected chi connectivity index (χ4v) is 6.81. The summed E-state index contributed by atoms with van der Waals surface area (Å²) in [6.45, 7) is 12.4. The molecular weight excluding hydrogens is 432 g/mol. The van der Waals surface area contributed by atoms with Crippen LogP contribution in [0.2, 0.25) is 0 Å². The first-order valence-electron chi connectivity index (χ1n) is 12.9. The Morgan fingerprint density at radius 2 is 1.88 bits per heavy atom. The Morgan fingerprint density at radius 3 is 2.70 bits per heavy atom. The molecule has 0 spiro atoms. The zero-order chi connectivity index (χ0) is 22.8. The van der Waals surface area contributed by atoms with Crippen molar-refractivity contribution in [2.45, 2.75) is 58.9 Å². The molecule has 2 aliphatic heterocycles. The second-order valence-electron chi connectivity index (χ2n) is 10.0. The molecule has 0 unspecified atom stereocenters. The summed E-state index contributed by atoms with van der Waals surface area (Å²) >= 11 is 1.90. The molecule has 33 heavy (non-hydrogen) atoms. The van der Waals surface area contributed by atoms with E-state index < -0.39 is 0 Å². The number of hydrogen-bond acceptors (Lipinski definition) is 7. The number of rotatable bonds is 6. The van der Waals surface area contributed by atoms with E-state index in [4.69, 9.17) is 9.97 Å². The molecule has 2 aromatic heterocycles. The second kappa shape index (κ2) is 10.2. The van der Waals surface area contributed by atoms with Gasteiger partial charge in [-0.15, -0.1) is 11.3 Å². The maximum absolute atomic E-state index is 12.1. The third-order valence-corrected chi connectivity index (χ3v) is 8.65. The Bertz CT molecular complexity index is 983. The predicted octanol–water partition coefficient (Wildman–Crippen LogP) is 3.06. The van der Waals surface area contributed by atoms with Gasteiger partial charge in [-0.3, -0.25) is 14.6 Å². The number of thiophene rings is 1. The third kappa shape index (κ3) is 5.17. The number of piperidine rings is 1. The average molecular weight is 471 g/mol. The quantitative estimate of drug-likeness (QED) is 0.700. The first kappa shape index (κ1) is 23.0. The minimum atomic E-state index is 0.129. The van der Waals surface area contributed by atoms with Crippen molar-refractivity contribution in [3.8, 4) is 0 Å². The Hall–Kier alpha value is -1.77. The lowest BCUT2D eigenvalue weighted by Crippen LogP contribution is -2.39. The number of carbonyl (C=O) groups excluding carboxylic acids is 1. The van der Waals surface area contributed by atoms with Gasteiger partial charge in [-0.25, -0.2) is 9.97 Å². The van der Waals surface area contributed by atoms with Crippen LogP contribution in [0.4, 0.5) is 5.82 Å². The van der Waals surface area contributed by atoms with Gasteiger partial charge in [0.15, 0.2) is 0 Å². The summed E-state index contributed by atoms with van der Waals surface area (Å²) < 4.78 is 0. The van der Waals surface area contributed by atoms with Gasteiger partial charge >= 0.3 is 0 Å². The fraction of sp³-hybridized carbons (Fsp3) is 0.720. The number of nitrogens with one attached hydrogen (secondary N) is 1. The normalized spacial score (nSPS) is 20.8. The van der Waals surface area contributed by atoms with Gasteiger partial charge in [0.05, 0.1) is 18.5 Å². The topological polar surface area (TPSA) is 64.6 Å². The predicted molar refractivity (Wildman–Crippen MR) is 135 cm³/mol. The second-order valence-corrected chi connectivity index (χ2v) is 11.1. The fourth-order valence-electron chi connectivity index (χ4n) is 5.54. The smallest absolute Gasteiger partial charge is 0.234 e. The van der Waals surface area contributed by atoms with E-state index in [1.807, 2.05) is 18.3 Å². The van der Waals surface area contributed by atoms with Crippen LogP contribution in [-0.2, 0) is 24.2 Å². The van der Waals surface area contributed by atoms with Gasteiger partial charge in [-0.2, -0.15) is 0 Å². The van der Waals surface area contributed by atoms with Crippen molar-refractivity contribution in [3.63, 3.8) is 0 Å². The van der Waals surface area contributed by atoms with Crippen molar-refractivity contribution in [3.05, 3.63) is 16.3 Å². The molecule has 2 saturated heterocycles. The van der Waals surface area contributed by atoms with Crippen LogP contribution in [0.15, 0.2) is 0 Å². The summed E-state index contributed by atoms with van der Waals surface area (Å²) in [5.74, 6) is 3.10. The SMILES string of the molecule is CCNC(=O)CN1CCCN(c2nc(CN3CCC(C)CC3)nc3sc4c(c23)CCC4)CC1. The van der Waals surface area contributed by atoms with Crippen molar-refractivity contribution in [1.29, 1.82) is 0 Å². The van der Waals surface area contributed by atoms with Crippen LogP contribution >= 0.6 is 11.3 Å². The van der Waals surface area contributed by atoms with Crippen LogP contribution in [0.1, 0.15) is 55.8 Å². The molecule has 5 rings (SSSR count). The lowest BCUT2D eigenvalue weighted by atomic mass is 9.99. The van der Waals surface area contributed by atoms with Crippen molar-refractivity contribution < 1.29 is 4.79 Å². The van der Waals surface area contributed by atoms with Gasteiger partial charge < -0.3 is 10.2 Å². The van der Waals surface area contributed by atoms with E-state index >= 15 is 0 Å². The Labute approximate surface area is 201 Å². The number of anilines is 1. The lowest BCUT2D eigenvalue weighted by molar-refractivity contribution is -0.122. The molecule has 1 amide bonds. The molecule has 0 saturated carbocycles. The molecule has 1 aliphatic carbocycles. The largest absolute Gasteiger partial charge is 0.355 e. The molecule has 1 N–H and O–H groups in total. The summed E-state index contributed by atoms with van der Waals surface area (Å²) in [5.41, 5.74) is 1.51. The standard InChI is InChI=1S/C25H38N6OS/c1-3-26-22(32)17-29-10-5-11-31(15-14-29)24-23-19-6-4-7-20(19)33-25(23)28-21(27-24)16-30-12-8-18(2)9-13-30/h18H,3-17H2,1-2H3,(H,26,32). The summed E-state index contributed by atoms with van der Waals surface area (Å²) in [7, 11) is 0. The summed E-state index contributed by atoms with van der Waals surface area (Å²) in [4.78, 5) is 32.4. The first-order valence-corrected chi connectivity index (χ1v) is 13.7. The highest BCUT2D eigenvalue weighted by molar-refractivity contribution is 7.19. The van der Waals surface area contributed by atoms with E-state index in [-0.39, 0.29) is 5.91 Å². The number of likely N-dealkylation sites (tertiary alicyclic amines) is 1. The summed E-state index contributed by atoms with van der Waals surface area (Å²) in [6.07, 6.45) is 7.20. The average Bonchev–Trinajstić information content (AvgIpc) is 3.30. The number of hydrogen-bond donors (Lipinski definition) is 1. The number of carbonyl (C=O) groups is 1. The van der Waals surface area contributed by atoms with E-state index in [2.05, 4.69) is 26.9 Å². The molecule has 4 heterocycles. The molecule has 0 radical (unpaired) electrons. The van der Waals surface area contributed by atoms with E-state index in [0.717, 1.165) is 76.2 Å². The number of nitrogens with zero attached hydrogens (tertiary/aromatic N) is 5. The van der Waals surface area contributed by atoms with Crippen LogP contribution in [0.5, 0.6) is 0 Å². The highest BCUT2D eigenvalue weighted by atomic mass is 32.1. The van der Waals surface area contributed by atoms with Crippen LogP contribution in [0.25, 0.3) is 10.2 Å². The number of amides is 1. The first-order chi connectivity index (χ1) is 16.1. The van der Waals surface area contributed by atoms with Gasteiger partial charge in [0, 0.05) is 37.6 Å². The van der Waals surface area contributed by atoms with Gasteiger partial charge in [-0.1, -0.05) is 6.92 Å². The number of aromatic nitrogens is 2. The number of aryl methyl sites for hydroxylation is 2. The number of fused-ring (bicyclic) bond motifs is 3. The van der Waals surface area contributed by atoms with Crippen LogP contribution in [-0.4, -0.2) is 78.0 Å². The van der Waals surface area contributed by atoms with E-state index in [0.29, 0.717) is 13.1 Å². The van der Waals surface area contributed by atoms with Crippen molar-refractivity contribution in [1.82, 2.24) is 25.1 Å². The molecule has 2 fully saturated rings. The number of likely N-dealkylation sites (N-methyl/N-ethyl adjacent to an activating group) is 1. The molecule has 0 aromatic carbocycles. The van der Waals surface area contributed by atoms with Crippen molar-refractivity contribution in [2.24, 2.45) is 5.92 Å². The van der Waals surface area contributed by atoms with Crippen LogP contribution < -0.4 is 10.2 Å². The minimum Gasteiger partial charge on any atom is -0.355 e. The molecule has 3 aliphatic rings. The maximum atomic E-state index is 12.1. The maximum Gasteiger partial charge on any atom is 0.234 e. The van der Waals surface area contributed by atoms with E-state index in [1.165, 1.54) is 46.3 Å². The highest BCUT2D eigenvalue weighted by Gasteiger charge is 2.27. The van der Waals surface area contributed by atoms with E-state index in [1.54, 1.807) is 0 Å². The summed E-state index contributed by atoms with van der Waals surface area (Å²) in [5, 5.41) is 4.26. The van der Waals surface area contributed by atoms with Crippen LogP contribution in [0, 0.1) is 5.92 Å². The van der Waals surface area contributed by atoms with Crippen molar-refractivity contribution >= 4 is 33.3 Å². The Morgan fingerprint density at radius 1 is 1.03 bits per heavy atom. The van der Waals surface area contributed by atoms with Crippen molar-refractivity contribution in [2.75, 3.05) is 57.3 Å².